The molecule has 2 rings (SSSR count). The van der Waals surface area contributed by atoms with Crippen LogP contribution < -0.4 is 10.0 Å². The number of hydrogen-bond donors (Lipinski definition) is 2. The maximum absolute atomic E-state index is 12.9. The molecular weight excluding hydrogens is 323 g/mol. The molecule has 4 nitrogen and oxygen atoms in total. The molecule has 20 heavy (non-hydrogen) atoms. The van der Waals surface area contributed by atoms with Crippen molar-refractivity contribution >= 4 is 38.6 Å². The van der Waals surface area contributed by atoms with Gasteiger partial charge in [-0.15, -0.1) is 11.3 Å². The Bertz CT molecular complexity index is 716. The molecule has 0 fully saturated rings. The molecule has 2 aromatic rings. The maximum Gasteiger partial charge on any atom is 0.271 e. The fourth-order valence-electron chi connectivity index (χ4n) is 1.56. The van der Waals surface area contributed by atoms with Crippen molar-refractivity contribution in [3.8, 4) is 0 Å². The van der Waals surface area contributed by atoms with Gasteiger partial charge < -0.3 is 5.32 Å². The number of anilines is 1. The summed E-state index contributed by atoms with van der Waals surface area (Å²) in [4.78, 5) is 0. The average molecular weight is 335 g/mol. The van der Waals surface area contributed by atoms with Gasteiger partial charge in [-0.3, -0.25) is 4.72 Å². The van der Waals surface area contributed by atoms with E-state index in [1.807, 2.05) is 0 Å². The smallest absolute Gasteiger partial charge is 0.271 e. The van der Waals surface area contributed by atoms with Gasteiger partial charge in [-0.05, 0) is 42.3 Å². The van der Waals surface area contributed by atoms with Crippen LogP contribution in [0.1, 0.15) is 5.56 Å². The van der Waals surface area contributed by atoms with Gasteiger partial charge in [-0.2, -0.15) is 0 Å². The van der Waals surface area contributed by atoms with E-state index in [1.54, 1.807) is 18.5 Å². The predicted octanol–water partition coefficient (Wildman–Crippen LogP) is 3.06. The first-order valence-corrected chi connectivity index (χ1v) is 8.36. The van der Waals surface area contributed by atoms with Crippen LogP contribution in [-0.4, -0.2) is 15.5 Å². The van der Waals surface area contributed by atoms with E-state index in [1.165, 1.54) is 6.07 Å². The van der Waals surface area contributed by atoms with E-state index >= 15 is 0 Å². The molecule has 108 valence electrons. The zero-order valence-electron chi connectivity index (χ0n) is 10.5. The lowest BCUT2D eigenvalue weighted by atomic mass is 10.3. The highest BCUT2D eigenvalue weighted by molar-refractivity contribution is 7.94. The van der Waals surface area contributed by atoms with Crippen LogP contribution in [-0.2, 0) is 16.6 Å². The summed E-state index contributed by atoms with van der Waals surface area (Å²) in [7, 11) is -1.93. The van der Waals surface area contributed by atoms with E-state index in [0.717, 1.165) is 29.0 Å². The van der Waals surface area contributed by atoms with Gasteiger partial charge in [0.1, 0.15) is 10.0 Å². The van der Waals surface area contributed by atoms with Gasteiger partial charge in [-0.25, -0.2) is 12.8 Å². The number of halogens is 2. The Morgan fingerprint density at radius 2 is 2.10 bits per heavy atom. The third kappa shape index (κ3) is 3.49. The molecule has 2 N–H and O–H groups in total. The number of thiophene rings is 1. The number of sulfonamides is 1. The minimum Gasteiger partial charge on any atom is -0.316 e. The lowest BCUT2D eigenvalue weighted by Gasteiger charge is -2.07. The minimum atomic E-state index is -3.71. The Kier molecular flexibility index (Phi) is 4.64. The molecule has 8 heteroatoms. The van der Waals surface area contributed by atoms with Crippen molar-refractivity contribution in [1.29, 1.82) is 0 Å². The summed E-state index contributed by atoms with van der Waals surface area (Å²) in [5.41, 5.74) is 1.03. The molecule has 0 saturated heterocycles. The number of rotatable bonds is 5. The van der Waals surface area contributed by atoms with Crippen LogP contribution in [0.4, 0.5) is 10.1 Å². The third-order valence-electron chi connectivity index (χ3n) is 2.45. The van der Waals surface area contributed by atoms with E-state index in [-0.39, 0.29) is 14.9 Å². The van der Waals surface area contributed by atoms with Crippen LogP contribution in [0.3, 0.4) is 0 Å². The lowest BCUT2D eigenvalue weighted by molar-refractivity contribution is 0.602. The van der Waals surface area contributed by atoms with Crippen LogP contribution in [0.15, 0.2) is 33.9 Å². The molecule has 0 aliphatic rings. The zero-order chi connectivity index (χ0) is 14.8. The summed E-state index contributed by atoms with van der Waals surface area (Å²) in [6.07, 6.45) is 0. The summed E-state index contributed by atoms with van der Waals surface area (Å²) in [6.45, 7) is 0.587. The quantitative estimate of drug-likeness (QED) is 0.883. The van der Waals surface area contributed by atoms with Crippen LogP contribution in [0.5, 0.6) is 0 Å². The molecule has 0 amide bonds. The van der Waals surface area contributed by atoms with E-state index in [2.05, 4.69) is 10.0 Å². The molecule has 0 radical (unpaired) electrons. The van der Waals surface area contributed by atoms with Crippen LogP contribution in [0, 0.1) is 5.82 Å². The molecule has 0 unspecified atom stereocenters. The second-order valence-corrected chi connectivity index (χ2v) is 7.26. The SMILES string of the molecule is CNCc1csc(S(=O)(=O)Nc2ccc(F)cc2Cl)c1. The topological polar surface area (TPSA) is 58.2 Å². The second-order valence-electron chi connectivity index (χ2n) is 4.03. The van der Waals surface area contributed by atoms with Gasteiger partial charge in [0.05, 0.1) is 10.7 Å². The number of benzene rings is 1. The summed E-state index contributed by atoms with van der Waals surface area (Å²) in [6, 6.07) is 5.07. The first kappa shape index (κ1) is 15.2. The highest BCUT2D eigenvalue weighted by Crippen LogP contribution is 2.27. The molecule has 0 aliphatic heterocycles. The number of hydrogen-bond acceptors (Lipinski definition) is 4. The lowest BCUT2D eigenvalue weighted by Crippen LogP contribution is -2.12. The Morgan fingerprint density at radius 3 is 2.75 bits per heavy atom. The van der Waals surface area contributed by atoms with E-state index in [4.69, 9.17) is 11.6 Å². The molecule has 0 spiro atoms. The van der Waals surface area contributed by atoms with E-state index in [0.29, 0.717) is 6.54 Å². The Hall–Kier alpha value is -1.15. The summed E-state index contributed by atoms with van der Waals surface area (Å²) < 4.78 is 39.8. The van der Waals surface area contributed by atoms with Gasteiger partial charge in [0, 0.05) is 6.54 Å². The van der Waals surface area contributed by atoms with Crippen LogP contribution in [0.25, 0.3) is 0 Å². The minimum absolute atomic E-state index is 0.0144. The van der Waals surface area contributed by atoms with Crippen LogP contribution in [0.2, 0.25) is 5.02 Å². The maximum atomic E-state index is 12.9. The molecule has 0 aliphatic carbocycles. The monoisotopic (exact) mass is 334 g/mol. The Balaban J connectivity index is 2.26. The Morgan fingerprint density at radius 1 is 1.35 bits per heavy atom. The highest BCUT2D eigenvalue weighted by Gasteiger charge is 2.18. The van der Waals surface area contributed by atoms with Gasteiger partial charge in [0.25, 0.3) is 10.0 Å². The predicted molar refractivity (Wildman–Crippen MR) is 79.3 cm³/mol. The van der Waals surface area contributed by atoms with Gasteiger partial charge in [-0.1, -0.05) is 11.6 Å². The third-order valence-corrected chi connectivity index (χ3v) is 5.62. The summed E-state index contributed by atoms with van der Waals surface area (Å²) >= 11 is 6.92. The molecular formula is C12H12ClFN2O2S2. The highest BCUT2D eigenvalue weighted by atomic mass is 35.5. The van der Waals surface area contributed by atoms with E-state index in [9.17, 15) is 12.8 Å². The average Bonchev–Trinajstić information content (AvgIpc) is 2.83. The molecule has 1 aromatic heterocycles. The van der Waals surface area contributed by atoms with Gasteiger partial charge in [0.15, 0.2) is 0 Å². The van der Waals surface area contributed by atoms with E-state index < -0.39 is 15.8 Å². The van der Waals surface area contributed by atoms with Gasteiger partial charge in [0.2, 0.25) is 0 Å². The summed E-state index contributed by atoms with van der Waals surface area (Å²) in [5, 5.41) is 4.72. The molecule has 1 heterocycles. The van der Waals surface area contributed by atoms with Crippen molar-refractivity contribution in [2.75, 3.05) is 11.8 Å². The van der Waals surface area contributed by atoms with Crippen molar-refractivity contribution in [2.24, 2.45) is 0 Å². The van der Waals surface area contributed by atoms with Crippen molar-refractivity contribution in [1.82, 2.24) is 5.32 Å². The molecule has 1 aromatic carbocycles. The summed E-state index contributed by atoms with van der Waals surface area (Å²) in [5.74, 6) is -0.523. The van der Waals surface area contributed by atoms with Crippen LogP contribution >= 0.6 is 22.9 Å². The second kappa shape index (κ2) is 6.09. The molecule has 0 atom stereocenters. The van der Waals surface area contributed by atoms with Crippen molar-refractivity contribution in [2.45, 2.75) is 10.8 Å². The van der Waals surface area contributed by atoms with Crippen molar-refractivity contribution in [3.63, 3.8) is 0 Å². The Labute approximate surface area is 125 Å². The number of nitrogens with one attached hydrogen (secondary N) is 2. The first-order chi connectivity index (χ1) is 9.42. The van der Waals surface area contributed by atoms with Gasteiger partial charge >= 0.3 is 0 Å². The van der Waals surface area contributed by atoms with Crippen molar-refractivity contribution in [3.05, 3.63) is 46.0 Å². The van der Waals surface area contributed by atoms with Crippen molar-refractivity contribution < 1.29 is 12.8 Å². The fraction of sp³-hybridized carbons (Fsp3) is 0.167. The standard InChI is InChI=1S/C12H12ClFN2O2S2/c1-15-6-8-4-12(19-7-8)20(17,18)16-11-3-2-9(14)5-10(11)13/h2-5,7,15-16H,6H2,1H3. The zero-order valence-corrected chi connectivity index (χ0v) is 12.9. The normalized spacial score (nSPS) is 11.6. The molecule has 0 bridgehead atoms. The first-order valence-electron chi connectivity index (χ1n) is 5.62. The fourth-order valence-corrected chi connectivity index (χ4v) is 4.12. The largest absolute Gasteiger partial charge is 0.316 e. The molecule has 0 saturated carbocycles.